The number of aromatic nitrogens is 1. The number of rotatable bonds is 2. The Morgan fingerprint density at radius 1 is 1.42 bits per heavy atom. The predicted octanol–water partition coefficient (Wildman–Crippen LogP) is 2.75. The van der Waals surface area contributed by atoms with Crippen LogP contribution in [0.25, 0.3) is 0 Å². The molecule has 19 heavy (non-hydrogen) atoms. The van der Waals surface area contributed by atoms with Crippen molar-refractivity contribution in [2.45, 2.75) is 19.6 Å². The van der Waals surface area contributed by atoms with Crippen LogP contribution in [0.4, 0.5) is 5.82 Å². The van der Waals surface area contributed by atoms with Crippen LogP contribution in [0.15, 0.2) is 39.5 Å². The molecule has 5 nitrogen and oxygen atoms in total. The fraction of sp³-hybridized carbons (Fsp3) is 0.231. The highest BCUT2D eigenvalue weighted by molar-refractivity contribution is 9.10. The Morgan fingerprint density at radius 3 is 3.00 bits per heavy atom. The third-order valence-corrected chi connectivity index (χ3v) is 3.31. The third kappa shape index (κ3) is 2.23. The molecule has 3 rings (SSSR count). The number of carbonyl (C=O) groups is 1. The Kier molecular flexibility index (Phi) is 3.02. The van der Waals surface area contributed by atoms with E-state index >= 15 is 0 Å². The molecule has 1 aliphatic rings. The molecule has 1 unspecified atom stereocenters. The summed E-state index contributed by atoms with van der Waals surface area (Å²) in [5, 5.41) is 0. The summed E-state index contributed by atoms with van der Waals surface area (Å²) in [7, 11) is 0. The Labute approximate surface area is 118 Å². The number of hydrogen-bond donors (Lipinski definition) is 0. The van der Waals surface area contributed by atoms with Gasteiger partial charge < -0.3 is 9.15 Å². The first-order valence-electron chi connectivity index (χ1n) is 5.82. The normalized spacial score (nSPS) is 18.1. The SMILES string of the molecule is CC1Oc2ccc(Br)nc2N(Cc2ccco2)C1=O. The van der Waals surface area contributed by atoms with Gasteiger partial charge >= 0.3 is 0 Å². The molecule has 0 aromatic carbocycles. The molecule has 98 valence electrons. The van der Waals surface area contributed by atoms with E-state index in [4.69, 9.17) is 9.15 Å². The van der Waals surface area contributed by atoms with E-state index in [0.717, 1.165) is 0 Å². The second kappa shape index (κ2) is 4.70. The molecule has 0 spiro atoms. The van der Waals surface area contributed by atoms with E-state index in [1.807, 2.05) is 6.07 Å². The molecule has 1 atom stereocenters. The lowest BCUT2D eigenvalue weighted by Crippen LogP contribution is -2.44. The number of nitrogens with zero attached hydrogens (tertiary/aromatic N) is 2. The lowest BCUT2D eigenvalue weighted by atomic mass is 10.2. The second-order valence-electron chi connectivity index (χ2n) is 4.22. The zero-order valence-electron chi connectivity index (χ0n) is 10.2. The van der Waals surface area contributed by atoms with Crippen LogP contribution >= 0.6 is 15.9 Å². The van der Waals surface area contributed by atoms with Crippen LogP contribution in [0.1, 0.15) is 12.7 Å². The van der Waals surface area contributed by atoms with Crippen LogP contribution in [-0.4, -0.2) is 17.0 Å². The van der Waals surface area contributed by atoms with Gasteiger partial charge in [-0.3, -0.25) is 9.69 Å². The zero-order chi connectivity index (χ0) is 13.4. The number of fused-ring (bicyclic) bond motifs is 1. The molecular formula is C13H11BrN2O3. The number of hydrogen-bond acceptors (Lipinski definition) is 4. The maximum absolute atomic E-state index is 12.2. The lowest BCUT2D eigenvalue weighted by molar-refractivity contribution is -0.125. The monoisotopic (exact) mass is 322 g/mol. The Balaban J connectivity index is 2.01. The molecule has 0 fully saturated rings. The maximum Gasteiger partial charge on any atom is 0.269 e. The van der Waals surface area contributed by atoms with Crippen molar-refractivity contribution in [2.75, 3.05) is 4.90 Å². The van der Waals surface area contributed by atoms with Crippen molar-refractivity contribution in [3.63, 3.8) is 0 Å². The van der Waals surface area contributed by atoms with E-state index in [0.29, 0.717) is 28.5 Å². The number of pyridine rings is 1. The first-order chi connectivity index (χ1) is 9.15. The van der Waals surface area contributed by atoms with E-state index in [2.05, 4.69) is 20.9 Å². The van der Waals surface area contributed by atoms with Gasteiger partial charge in [0.15, 0.2) is 17.7 Å². The number of furan rings is 1. The second-order valence-corrected chi connectivity index (χ2v) is 5.03. The van der Waals surface area contributed by atoms with E-state index in [-0.39, 0.29) is 5.91 Å². The van der Waals surface area contributed by atoms with Crippen molar-refractivity contribution >= 4 is 27.7 Å². The van der Waals surface area contributed by atoms with Gasteiger partial charge in [0.2, 0.25) is 0 Å². The van der Waals surface area contributed by atoms with Crippen molar-refractivity contribution in [3.05, 3.63) is 40.9 Å². The van der Waals surface area contributed by atoms with Crippen molar-refractivity contribution in [1.29, 1.82) is 0 Å². The van der Waals surface area contributed by atoms with Crippen LogP contribution in [0, 0.1) is 0 Å². The third-order valence-electron chi connectivity index (χ3n) is 2.87. The first kappa shape index (κ1) is 12.2. The first-order valence-corrected chi connectivity index (χ1v) is 6.61. The van der Waals surface area contributed by atoms with Gasteiger partial charge in [0.05, 0.1) is 12.8 Å². The minimum atomic E-state index is -0.523. The van der Waals surface area contributed by atoms with Gasteiger partial charge in [0, 0.05) is 0 Å². The average molecular weight is 323 g/mol. The predicted molar refractivity (Wildman–Crippen MR) is 71.9 cm³/mol. The molecule has 6 heteroatoms. The zero-order valence-corrected chi connectivity index (χ0v) is 11.8. The lowest BCUT2D eigenvalue weighted by Gasteiger charge is -2.31. The fourth-order valence-electron chi connectivity index (χ4n) is 1.97. The van der Waals surface area contributed by atoms with Gasteiger partial charge in [-0.1, -0.05) is 0 Å². The molecular weight excluding hydrogens is 312 g/mol. The molecule has 0 bridgehead atoms. The summed E-state index contributed by atoms with van der Waals surface area (Å²) in [6.45, 7) is 2.07. The molecule has 2 aromatic rings. The number of carbonyl (C=O) groups excluding carboxylic acids is 1. The van der Waals surface area contributed by atoms with Gasteiger partial charge in [-0.15, -0.1) is 0 Å². The Bertz CT molecular complexity index is 612. The Hall–Kier alpha value is -1.82. The smallest absolute Gasteiger partial charge is 0.269 e. The topological polar surface area (TPSA) is 55.6 Å². The molecule has 0 radical (unpaired) electrons. The van der Waals surface area contributed by atoms with Gasteiger partial charge in [0.1, 0.15) is 10.4 Å². The fourth-order valence-corrected chi connectivity index (χ4v) is 2.27. The summed E-state index contributed by atoms with van der Waals surface area (Å²) in [5.74, 6) is 1.68. The minimum absolute atomic E-state index is 0.130. The molecule has 2 aromatic heterocycles. The van der Waals surface area contributed by atoms with Crippen LogP contribution in [0.2, 0.25) is 0 Å². The van der Waals surface area contributed by atoms with Crippen molar-refractivity contribution in [3.8, 4) is 5.75 Å². The number of halogens is 1. The van der Waals surface area contributed by atoms with Gasteiger partial charge in [-0.05, 0) is 47.1 Å². The van der Waals surface area contributed by atoms with Gasteiger partial charge in [0.25, 0.3) is 5.91 Å². The summed E-state index contributed by atoms with van der Waals surface area (Å²) < 4.78 is 11.5. The van der Waals surface area contributed by atoms with Crippen LogP contribution in [0.3, 0.4) is 0 Å². The van der Waals surface area contributed by atoms with Crippen molar-refractivity contribution < 1.29 is 13.9 Å². The maximum atomic E-state index is 12.2. The summed E-state index contributed by atoms with van der Waals surface area (Å²) >= 11 is 3.30. The molecule has 1 amide bonds. The molecule has 0 N–H and O–H groups in total. The van der Waals surface area contributed by atoms with E-state index < -0.39 is 6.10 Å². The quantitative estimate of drug-likeness (QED) is 0.798. The Morgan fingerprint density at radius 2 is 2.26 bits per heavy atom. The largest absolute Gasteiger partial charge is 0.477 e. The van der Waals surface area contributed by atoms with Crippen molar-refractivity contribution in [1.82, 2.24) is 4.98 Å². The molecule has 0 saturated heterocycles. The van der Waals surface area contributed by atoms with Gasteiger partial charge in [-0.25, -0.2) is 4.98 Å². The summed E-state index contributed by atoms with van der Waals surface area (Å²) in [6.07, 6.45) is 1.06. The minimum Gasteiger partial charge on any atom is -0.477 e. The van der Waals surface area contributed by atoms with Crippen molar-refractivity contribution in [2.24, 2.45) is 0 Å². The highest BCUT2D eigenvalue weighted by Crippen LogP contribution is 2.34. The van der Waals surface area contributed by atoms with E-state index in [1.54, 1.807) is 36.3 Å². The summed E-state index contributed by atoms with van der Waals surface area (Å²) in [6, 6.07) is 7.20. The van der Waals surface area contributed by atoms with Crippen LogP contribution in [0.5, 0.6) is 5.75 Å². The molecule has 0 saturated carbocycles. The summed E-state index contributed by atoms with van der Waals surface area (Å²) in [5.41, 5.74) is 0. The highest BCUT2D eigenvalue weighted by atomic mass is 79.9. The molecule has 1 aliphatic heterocycles. The molecule has 3 heterocycles. The highest BCUT2D eigenvalue weighted by Gasteiger charge is 2.33. The average Bonchev–Trinajstić information content (AvgIpc) is 2.89. The standard InChI is InChI=1S/C13H11BrN2O3/c1-8-13(17)16(7-9-3-2-6-18-9)12-10(19-8)4-5-11(14)15-12/h2-6,8H,7H2,1H3. The number of amides is 1. The van der Waals surface area contributed by atoms with Crippen LogP contribution in [-0.2, 0) is 11.3 Å². The number of ether oxygens (including phenoxy) is 1. The summed E-state index contributed by atoms with van der Waals surface area (Å²) in [4.78, 5) is 18.1. The van der Waals surface area contributed by atoms with E-state index in [1.165, 1.54) is 0 Å². The van der Waals surface area contributed by atoms with Gasteiger partial charge in [-0.2, -0.15) is 0 Å². The number of anilines is 1. The molecule has 0 aliphatic carbocycles. The van der Waals surface area contributed by atoms with E-state index in [9.17, 15) is 4.79 Å². The van der Waals surface area contributed by atoms with Crippen LogP contribution < -0.4 is 9.64 Å².